The second-order valence-corrected chi connectivity index (χ2v) is 6.44. The molecule has 1 N–H and O–H groups in total. The predicted molar refractivity (Wildman–Crippen MR) is 101 cm³/mol. The highest BCUT2D eigenvalue weighted by Gasteiger charge is 2.21. The van der Waals surface area contributed by atoms with Crippen LogP contribution < -0.4 is 10.1 Å². The largest absolute Gasteiger partial charge is 0.489 e. The number of nitrogens with one attached hydrogen (secondary N) is 1. The van der Waals surface area contributed by atoms with E-state index < -0.39 is 0 Å². The Morgan fingerprint density at radius 3 is 2.46 bits per heavy atom. The van der Waals surface area contributed by atoms with Crippen LogP contribution in [0.15, 0.2) is 47.0 Å². The Hall–Kier alpha value is -3.08. The maximum Gasteiger partial charge on any atom is 0.278 e. The van der Waals surface area contributed by atoms with Gasteiger partial charge in [0.15, 0.2) is 5.69 Å². The minimum Gasteiger partial charge on any atom is -0.489 e. The molecule has 3 aromatic rings. The summed E-state index contributed by atoms with van der Waals surface area (Å²) in [4.78, 5) is 12.7. The van der Waals surface area contributed by atoms with Crippen molar-refractivity contribution in [2.24, 2.45) is 0 Å². The number of ether oxygens (including phenoxy) is 1. The number of carbonyl (C=O) groups excluding carboxylic acids is 1. The number of hydrogen-bond donors (Lipinski definition) is 1. The van der Waals surface area contributed by atoms with Crippen LogP contribution >= 0.6 is 0 Å². The molecule has 1 heterocycles. The molecule has 2 aromatic carbocycles. The highest BCUT2D eigenvalue weighted by Crippen LogP contribution is 2.21. The highest BCUT2D eigenvalue weighted by atomic mass is 16.5. The van der Waals surface area contributed by atoms with Gasteiger partial charge in [-0.1, -0.05) is 35.0 Å². The van der Waals surface area contributed by atoms with Crippen LogP contribution in [-0.2, 0) is 6.61 Å². The molecule has 0 bridgehead atoms. The van der Waals surface area contributed by atoms with Gasteiger partial charge in [0.1, 0.15) is 18.1 Å². The lowest BCUT2D eigenvalue weighted by molar-refractivity contribution is 0.101. The summed E-state index contributed by atoms with van der Waals surface area (Å²) in [7, 11) is 0. The minimum absolute atomic E-state index is 0.216. The fraction of sp³-hybridized carbons (Fsp3) is 0.238. The van der Waals surface area contributed by atoms with Crippen molar-refractivity contribution in [2.75, 3.05) is 5.32 Å². The Bertz CT molecular complexity index is 927. The molecule has 0 saturated carbocycles. The molecule has 0 aliphatic carbocycles. The topological polar surface area (TPSA) is 64.4 Å². The molecular weight excluding hydrogens is 328 g/mol. The van der Waals surface area contributed by atoms with Gasteiger partial charge >= 0.3 is 0 Å². The lowest BCUT2D eigenvalue weighted by Gasteiger charge is -2.10. The Labute approximate surface area is 153 Å². The summed E-state index contributed by atoms with van der Waals surface area (Å²) >= 11 is 0. The maximum atomic E-state index is 12.7. The van der Waals surface area contributed by atoms with Gasteiger partial charge < -0.3 is 14.6 Å². The number of aryl methyl sites for hydroxylation is 4. The van der Waals surface area contributed by atoms with E-state index in [1.165, 1.54) is 0 Å². The maximum absolute atomic E-state index is 12.7. The van der Waals surface area contributed by atoms with Crippen LogP contribution in [0, 0.1) is 27.7 Å². The molecule has 5 heteroatoms. The molecule has 1 aromatic heterocycles. The van der Waals surface area contributed by atoms with Crippen molar-refractivity contribution in [1.29, 1.82) is 0 Å². The van der Waals surface area contributed by atoms with Crippen LogP contribution in [0.4, 0.5) is 5.69 Å². The van der Waals surface area contributed by atoms with Gasteiger partial charge in [-0.25, -0.2) is 0 Å². The molecule has 0 fully saturated rings. The summed E-state index contributed by atoms with van der Waals surface area (Å²) in [6, 6.07) is 13.7. The second kappa shape index (κ2) is 7.44. The number of benzene rings is 2. The average Bonchev–Trinajstić information content (AvgIpc) is 2.98. The van der Waals surface area contributed by atoms with E-state index in [2.05, 4.69) is 10.5 Å². The first-order valence-corrected chi connectivity index (χ1v) is 8.47. The summed E-state index contributed by atoms with van der Waals surface area (Å²) in [5, 5.41) is 6.83. The molecule has 3 rings (SSSR count). The van der Waals surface area contributed by atoms with Crippen LogP contribution in [0.3, 0.4) is 0 Å². The molecule has 0 saturated heterocycles. The standard InChI is InChI=1S/C21H22N2O3/c1-13-6-9-17(10-7-13)25-12-18-16(4)26-23-20(18)21(24)22-19-11-14(2)5-8-15(19)3/h5-11H,12H2,1-4H3,(H,22,24). The van der Waals surface area contributed by atoms with Crippen LogP contribution in [0.2, 0.25) is 0 Å². The number of aromatic nitrogens is 1. The number of anilines is 1. The summed E-state index contributed by atoms with van der Waals surface area (Å²) in [5.74, 6) is 0.998. The third-order valence-electron chi connectivity index (χ3n) is 4.25. The van der Waals surface area contributed by atoms with Crippen LogP contribution in [0.25, 0.3) is 0 Å². The molecule has 0 atom stereocenters. The zero-order valence-corrected chi connectivity index (χ0v) is 15.4. The van der Waals surface area contributed by atoms with Crippen LogP contribution in [0.5, 0.6) is 5.75 Å². The molecule has 1 amide bonds. The quantitative estimate of drug-likeness (QED) is 0.722. The van der Waals surface area contributed by atoms with E-state index in [4.69, 9.17) is 9.26 Å². The van der Waals surface area contributed by atoms with E-state index in [1.54, 1.807) is 6.92 Å². The second-order valence-electron chi connectivity index (χ2n) is 6.44. The van der Waals surface area contributed by atoms with Gasteiger partial charge in [-0.3, -0.25) is 4.79 Å². The Balaban J connectivity index is 1.77. The highest BCUT2D eigenvalue weighted by molar-refractivity contribution is 6.04. The Morgan fingerprint density at radius 1 is 1.04 bits per heavy atom. The molecular formula is C21H22N2O3. The molecule has 134 valence electrons. The van der Waals surface area contributed by atoms with E-state index >= 15 is 0 Å². The summed E-state index contributed by atoms with van der Waals surface area (Å²) < 4.78 is 11.0. The normalized spacial score (nSPS) is 10.6. The fourth-order valence-corrected chi connectivity index (χ4v) is 2.58. The molecule has 26 heavy (non-hydrogen) atoms. The van der Waals surface area contributed by atoms with Crippen molar-refractivity contribution < 1.29 is 14.1 Å². The van der Waals surface area contributed by atoms with Gasteiger partial charge in [-0.2, -0.15) is 0 Å². The predicted octanol–water partition coefficient (Wildman–Crippen LogP) is 4.74. The fourth-order valence-electron chi connectivity index (χ4n) is 2.58. The molecule has 0 spiro atoms. The number of hydrogen-bond acceptors (Lipinski definition) is 4. The molecule has 0 aliphatic heterocycles. The smallest absolute Gasteiger partial charge is 0.278 e. The van der Waals surface area contributed by atoms with E-state index in [-0.39, 0.29) is 18.2 Å². The number of nitrogens with zero attached hydrogens (tertiary/aromatic N) is 1. The van der Waals surface area contributed by atoms with Crippen LogP contribution in [-0.4, -0.2) is 11.1 Å². The Morgan fingerprint density at radius 2 is 1.73 bits per heavy atom. The first kappa shape index (κ1) is 17.7. The summed E-state index contributed by atoms with van der Waals surface area (Å²) in [6.07, 6.45) is 0. The third-order valence-corrected chi connectivity index (χ3v) is 4.25. The van der Waals surface area contributed by atoms with E-state index in [1.807, 2.05) is 63.2 Å². The minimum atomic E-state index is -0.307. The first-order chi connectivity index (χ1) is 12.4. The lowest BCUT2D eigenvalue weighted by atomic mass is 10.1. The lowest BCUT2D eigenvalue weighted by Crippen LogP contribution is -2.16. The average molecular weight is 350 g/mol. The molecule has 0 unspecified atom stereocenters. The van der Waals surface area contributed by atoms with E-state index in [0.717, 1.165) is 28.1 Å². The van der Waals surface area contributed by atoms with Crippen molar-refractivity contribution in [2.45, 2.75) is 34.3 Å². The van der Waals surface area contributed by atoms with Crippen molar-refractivity contribution >= 4 is 11.6 Å². The summed E-state index contributed by atoms with van der Waals surface area (Å²) in [6.45, 7) is 7.94. The molecule has 0 radical (unpaired) electrons. The van der Waals surface area contributed by atoms with E-state index in [9.17, 15) is 4.79 Å². The molecule has 5 nitrogen and oxygen atoms in total. The van der Waals surface area contributed by atoms with Crippen molar-refractivity contribution in [3.63, 3.8) is 0 Å². The van der Waals surface area contributed by atoms with Gasteiger partial charge in [0.05, 0.1) is 5.56 Å². The van der Waals surface area contributed by atoms with Crippen molar-refractivity contribution in [3.8, 4) is 5.75 Å². The van der Waals surface area contributed by atoms with Crippen LogP contribution in [0.1, 0.15) is 38.5 Å². The monoisotopic (exact) mass is 350 g/mol. The summed E-state index contributed by atoms with van der Waals surface area (Å²) in [5.41, 5.74) is 4.88. The van der Waals surface area contributed by atoms with Gasteiger partial charge in [-0.15, -0.1) is 0 Å². The first-order valence-electron chi connectivity index (χ1n) is 8.47. The number of rotatable bonds is 5. The van der Waals surface area contributed by atoms with Gasteiger partial charge in [0, 0.05) is 5.69 Å². The Kier molecular flexibility index (Phi) is 5.07. The van der Waals surface area contributed by atoms with Crippen molar-refractivity contribution in [3.05, 3.63) is 76.2 Å². The van der Waals surface area contributed by atoms with Gasteiger partial charge in [0.25, 0.3) is 5.91 Å². The van der Waals surface area contributed by atoms with Gasteiger partial charge in [0.2, 0.25) is 0 Å². The van der Waals surface area contributed by atoms with Gasteiger partial charge in [-0.05, 0) is 57.0 Å². The SMILES string of the molecule is Cc1ccc(OCc2c(C(=O)Nc3cc(C)ccc3C)noc2C)cc1. The number of amides is 1. The zero-order chi connectivity index (χ0) is 18.7. The van der Waals surface area contributed by atoms with E-state index in [0.29, 0.717) is 11.3 Å². The molecule has 0 aliphatic rings. The zero-order valence-electron chi connectivity index (χ0n) is 15.4. The van der Waals surface area contributed by atoms with Crippen molar-refractivity contribution in [1.82, 2.24) is 5.16 Å². The number of carbonyl (C=O) groups is 1. The third kappa shape index (κ3) is 3.94.